The number of ether oxygens (including phenoxy) is 1. The Balaban J connectivity index is 1.41. The van der Waals surface area contributed by atoms with Crippen molar-refractivity contribution in [2.45, 2.75) is 50.6 Å². The van der Waals surface area contributed by atoms with Crippen molar-refractivity contribution in [1.29, 1.82) is 0 Å². The molecule has 3 saturated heterocycles. The molecule has 3 aliphatic rings. The van der Waals surface area contributed by atoms with Gasteiger partial charge in [-0.25, -0.2) is 9.37 Å². The topological polar surface area (TPSA) is 52.1 Å². The molecule has 0 saturated carbocycles. The molecule has 34 heavy (non-hydrogen) atoms. The van der Waals surface area contributed by atoms with Crippen LogP contribution in [0.15, 0.2) is 42.6 Å². The number of benzene rings is 1. The summed E-state index contributed by atoms with van der Waals surface area (Å²) in [7, 11) is 0. The monoisotopic (exact) mass is 468 g/mol. The van der Waals surface area contributed by atoms with Crippen molar-refractivity contribution in [2.24, 2.45) is 5.92 Å². The Hall–Kier alpha value is -2.38. The van der Waals surface area contributed by atoms with Gasteiger partial charge in [0.05, 0.1) is 25.3 Å². The molecule has 3 unspecified atom stereocenters. The van der Waals surface area contributed by atoms with Crippen molar-refractivity contribution in [1.82, 2.24) is 4.98 Å². The van der Waals surface area contributed by atoms with E-state index in [0.717, 1.165) is 56.9 Å². The summed E-state index contributed by atoms with van der Waals surface area (Å²) < 4.78 is 19.8. The first-order valence-corrected chi connectivity index (χ1v) is 12.9. The van der Waals surface area contributed by atoms with E-state index < -0.39 is 0 Å². The zero-order chi connectivity index (χ0) is 23.3. The Bertz CT molecular complexity index is 938. The van der Waals surface area contributed by atoms with E-state index in [4.69, 9.17) is 14.8 Å². The smallest absolute Gasteiger partial charge is 0.130 e. The number of aliphatic hydroxyl groups is 1. The third-order valence-electron chi connectivity index (χ3n) is 7.72. The highest BCUT2D eigenvalue weighted by molar-refractivity contribution is 5.58. The van der Waals surface area contributed by atoms with Crippen molar-refractivity contribution in [3.05, 3.63) is 48.4 Å². The molecule has 5 rings (SSSR count). The maximum atomic E-state index is 14.1. The van der Waals surface area contributed by atoms with E-state index in [1.165, 1.54) is 31.0 Å². The second-order valence-electron chi connectivity index (χ2n) is 9.83. The molecular formula is C27H37FN4O2. The van der Waals surface area contributed by atoms with Crippen LogP contribution in [0.1, 0.15) is 38.5 Å². The van der Waals surface area contributed by atoms with Gasteiger partial charge in [-0.1, -0.05) is 6.07 Å². The van der Waals surface area contributed by atoms with E-state index >= 15 is 0 Å². The molecule has 0 bridgehead atoms. The standard InChI is InChI=1S/C27H37FN4O2/c28-22-6-4-7-24(18-22)31-14-5-8-25-27(31)21(10-16-34-17-15-33)20-32(25)26-19-23(9-11-29-26)30-12-2-1-3-13-30/h4,6-7,9,11,18-19,21,25,27,33H,1-3,5,8,10,12-17,20H2. The van der Waals surface area contributed by atoms with Gasteiger partial charge in [-0.05, 0) is 62.8 Å². The van der Waals surface area contributed by atoms with Gasteiger partial charge in [-0.2, -0.15) is 0 Å². The predicted octanol–water partition coefficient (Wildman–Crippen LogP) is 4.08. The highest BCUT2D eigenvalue weighted by Gasteiger charge is 2.47. The molecule has 1 N–H and O–H groups in total. The lowest BCUT2D eigenvalue weighted by Crippen LogP contribution is -2.52. The van der Waals surface area contributed by atoms with Crippen molar-refractivity contribution >= 4 is 17.2 Å². The molecule has 1 aromatic carbocycles. The normalized spacial score (nSPS) is 25.0. The maximum absolute atomic E-state index is 14.1. The number of piperidine rings is 2. The van der Waals surface area contributed by atoms with Crippen LogP contribution in [0, 0.1) is 11.7 Å². The molecule has 0 amide bonds. The molecule has 7 heteroatoms. The second kappa shape index (κ2) is 10.9. The molecule has 3 fully saturated rings. The number of aliphatic hydroxyl groups excluding tert-OH is 1. The van der Waals surface area contributed by atoms with Crippen LogP contribution in [-0.2, 0) is 4.74 Å². The van der Waals surface area contributed by atoms with Crippen molar-refractivity contribution in [3.8, 4) is 0 Å². The molecule has 0 aliphatic carbocycles. The summed E-state index contributed by atoms with van der Waals surface area (Å²) in [5.74, 6) is 1.25. The van der Waals surface area contributed by atoms with Crippen LogP contribution in [0.4, 0.5) is 21.6 Å². The molecule has 3 aliphatic heterocycles. The lowest BCUT2D eigenvalue weighted by atomic mass is 9.88. The van der Waals surface area contributed by atoms with Gasteiger partial charge in [-0.3, -0.25) is 0 Å². The number of pyridine rings is 1. The minimum atomic E-state index is -0.187. The third-order valence-corrected chi connectivity index (χ3v) is 7.72. The number of hydrogen-bond acceptors (Lipinski definition) is 6. The molecule has 2 aromatic rings. The highest BCUT2D eigenvalue weighted by atomic mass is 19.1. The van der Waals surface area contributed by atoms with Gasteiger partial charge in [0.25, 0.3) is 0 Å². The van der Waals surface area contributed by atoms with Gasteiger partial charge in [0.15, 0.2) is 0 Å². The van der Waals surface area contributed by atoms with Crippen molar-refractivity contribution in [3.63, 3.8) is 0 Å². The minimum Gasteiger partial charge on any atom is -0.394 e. The molecule has 0 radical (unpaired) electrons. The van der Waals surface area contributed by atoms with Crippen LogP contribution >= 0.6 is 0 Å². The summed E-state index contributed by atoms with van der Waals surface area (Å²) in [4.78, 5) is 12.2. The van der Waals surface area contributed by atoms with Gasteiger partial charge in [0, 0.05) is 62.3 Å². The third kappa shape index (κ3) is 5.01. The number of halogens is 1. The Morgan fingerprint density at radius 2 is 1.85 bits per heavy atom. The van der Waals surface area contributed by atoms with Crippen LogP contribution in [0.3, 0.4) is 0 Å². The van der Waals surface area contributed by atoms with Crippen LogP contribution in [0.2, 0.25) is 0 Å². The highest BCUT2D eigenvalue weighted by Crippen LogP contribution is 2.41. The van der Waals surface area contributed by atoms with Gasteiger partial charge in [-0.15, -0.1) is 0 Å². The zero-order valence-corrected chi connectivity index (χ0v) is 20.0. The lowest BCUT2D eigenvalue weighted by molar-refractivity contribution is 0.0824. The fourth-order valence-corrected chi connectivity index (χ4v) is 6.20. The molecule has 6 nitrogen and oxygen atoms in total. The summed E-state index contributed by atoms with van der Waals surface area (Å²) in [5.41, 5.74) is 2.24. The van der Waals surface area contributed by atoms with Crippen LogP contribution in [-0.4, -0.2) is 68.2 Å². The number of aromatic nitrogens is 1. The second-order valence-corrected chi connectivity index (χ2v) is 9.83. The molecule has 0 spiro atoms. The van der Waals surface area contributed by atoms with Crippen molar-refractivity contribution in [2.75, 3.05) is 60.7 Å². The van der Waals surface area contributed by atoms with E-state index in [-0.39, 0.29) is 18.5 Å². The molecule has 1 aromatic heterocycles. The van der Waals surface area contributed by atoms with E-state index in [9.17, 15) is 4.39 Å². The minimum absolute atomic E-state index is 0.0471. The Morgan fingerprint density at radius 3 is 2.68 bits per heavy atom. The number of hydrogen-bond donors (Lipinski definition) is 1. The Morgan fingerprint density at radius 1 is 0.971 bits per heavy atom. The SMILES string of the molecule is OCCOCCC1CN(c2cc(N3CCCCC3)ccn2)C2CCCN(c3cccc(F)c3)C12. The zero-order valence-electron chi connectivity index (χ0n) is 20.0. The molecule has 184 valence electrons. The van der Waals surface area contributed by atoms with E-state index in [1.54, 1.807) is 6.07 Å². The van der Waals surface area contributed by atoms with E-state index in [0.29, 0.717) is 25.2 Å². The average Bonchev–Trinajstić information content (AvgIpc) is 3.26. The summed E-state index contributed by atoms with van der Waals surface area (Å²) in [6, 6.07) is 12.1. The number of rotatable bonds is 8. The van der Waals surface area contributed by atoms with Gasteiger partial charge < -0.3 is 24.5 Å². The first-order chi connectivity index (χ1) is 16.7. The molecule has 4 heterocycles. The molecular weight excluding hydrogens is 431 g/mol. The Kier molecular flexibility index (Phi) is 7.50. The van der Waals surface area contributed by atoms with Gasteiger partial charge >= 0.3 is 0 Å². The van der Waals surface area contributed by atoms with E-state index in [2.05, 4.69) is 26.8 Å². The van der Waals surface area contributed by atoms with E-state index in [1.807, 2.05) is 18.3 Å². The summed E-state index contributed by atoms with van der Waals surface area (Å²) in [5, 5.41) is 9.10. The summed E-state index contributed by atoms with van der Waals surface area (Å²) >= 11 is 0. The van der Waals surface area contributed by atoms with Gasteiger partial charge in [0.1, 0.15) is 11.6 Å². The largest absolute Gasteiger partial charge is 0.394 e. The maximum Gasteiger partial charge on any atom is 0.130 e. The van der Waals surface area contributed by atoms with Crippen molar-refractivity contribution < 1.29 is 14.2 Å². The summed E-state index contributed by atoms with van der Waals surface area (Å²) in [6.45, 7) is 5.14. The van der Waals surface area contributed by atoms with Crippen LogP contribution < -0.4 is 14.7 Å². The summed E-state index contributed by atoms with van der Waals surface area (Å²) in [6.07, 6.45) is 8.89. The fraction of sp³-hybridized carbons (Fsp3) is 0.593. The number of fused-ring (bicyclic) bond motifs is 1. The number of anilines is 3. The lowest BCUT2D eigenvalue weighted by Gasteiger charge is -2.43. The van der Waals surface area contributed by atoms with Crippen LogP contribution in [0.5, 0.6) is 0 Å². The first-order valence-electron chi connectivity index (χ1n) is 12.9. The first kappa shape index (κ1) is 23.4. The van der Waals surface area contributed by atoms with Gasteiger partial charge in [0.2, 0.25) is 0 Å². The average molecular weight is 469 g/mol. The predicted molar refractivity (Wildman–Crippen MR) is 134 cm³/mol. The van der Waals surface area contributed by atoms with Crippen LogP contribution in [0.25, 0.3) is 0 Å². The number of nitrogens with zero attached hydrogens (tertiary/aromatic N) is 4. The Labute approximate surface area is 202 Å². The fourth-order valence-electron chi connectivity index (χ4n) is 6.20. The quantitative estimate of drug-likeness (QED) is 0.589. The molecule has 3 atom stereocenters.